The molecule has 2 heterocycles. The van der Waals surface area contributed by atoms with Crippen molar-refractivity contribution in [3.05, 3.63) is 28.7 Å². The van der Waals surface area contributed by atoms with Gasteiger partial charge in [0.1, 0.15) is 0 Å². The standard InChI is InChI=1S/C16H24N6O2/c1-9(7-13-10(2)20-22(4)11(13)3)18-16(23)17-8-14-19-15(21-24-14)12-5-6-12/h9,12H,5-8H2,1-4H3,(H2,17,18,23)/t9-/m0/s1. The van der Waals surface area contributed by atoms with Crippen molar-refractivity contribution in [2.24, 2.45) is 7.05 Å². The molecule has 3 rings (SSSR count). The molecule has 0 spiro atoms. The third-order valence-electron chi connectivity index (χ3n) is 4.37. The first-order chi connectivity index (χ1) is 11.4. The summed E-state index contributed by atoms with van der Waals surface area (Å²) in [6, 6.07) is -0.246. The smallest absolute Gasteiger partial charge is 0.315 e. The lowest BCUT2D eigenvalue weighted by atomic mass is 10.1. The Morgan fingerprint density at radius 1 is 1.42 bits per heavy atom. The Labute approximate surface area is 141 Å². The van der Waals surface area contributed by atoms with E-state index in [-0.39, 0.29) is 18.6 Å². The van der Waals surface area contributed by atoms with Crippen LogP contribution in [0.1, 0.15) is 54.3 Å². The van der Waals surface area contributed by atoms with Gasteiger partial charge >= 0.3 is 6.03 Å². The van der Waals surface area contributed by atoms with Crippen molar-refractivity contribution in [3.8, 4) is 0 Å². The van der Waals surface area contributed by atoms with E-state index in [1.807, 2.05) is 32.5 Å². The van der Waals surface area contributed by atoms with Gasteiger partial charge in [-0.3, -0.25) is 4.68 Å². The van der Waals surface area contributed by atoms with Gasteiger partial charge in [0.15, 0.2) is 5.82 Å². The number of amides is 2. The molecule has 1 aliphatic carbocycles. The summed E-state index contributed by atoms with van der Waals surface area (Å²) in [5.41, 5.74) is 3.30. The van der Waals surface area contributed by atoms with Gasteiger partial charge in [-0.05, 0) is 45.6 Å². The topological polar surface area (TPSA) is 97.9 Å². The van der Waals surface area contributed by atoms with E-state index in [0.717, 1.165) is 36.5 Å². The fourth-order valence-electron chi connectivity index (χ4n) is 2.75. The summed E-state index contributed by atoms with van der Waals surface area (Å²) >= 11 is 0. The fraction of sp³-hybridized carbons (Fsp3) is 0.625. The maximum atomic E-state index is 12.0. The van der Waals surface area contributed by atoms with Crippen LogP contribution in [0.15, 0.2) is 4.52 Å². The molecule has 1 fully saturated rings. The van der Waals surface area contributed by atoms with Crippen LogP contribution in [0.3, 0.4) is 0 Å². The van der Waals surface area contributed by atoms with Crippen LogP contribution in [0.4, 0.5) is 4.79 Å². The van der Waals surface area contributed by atoms with E-state index in [1.165, 1.54) is 5.56 Å². The second kappa shape index (κ2) is 6.62. The molecule has 2 amide bonds. The molecule has 0 aliphatic heterocycles. The predicted molar refractivity (Wildman–Crippen MR) is 87.5 cm³/mol. The highest BCUT2D eigenvalue weighted by Crippen LogP contribution is 2.38. The predicted octanol–water partition coefficient (Wildman–Crippen LogP) is 1.73. The Morgan fingerprint density at radius 2 is 2.17 bits per heavy atom. The van der Waals surface area contributed by atoms with E-state index >= 15 is 0 Å². The SMILES string of the molecule is Cc1nn(C)c(C)c1C[C@H](C)NC(=O)NCc1nc(C2CC2)no1. The van der Waals surface area contributed by atoms with Crippen LogP contribution in [0, 0.1) is 13.8 Å². The van der Waals surface area contributed by atoms with E-state index in [2.05, 4.69) is 25.9 Å². The molecule has 0 saturated heterocycles. The number of nitrogens with zero attached hydrogens (tertiary/aromatic N) is 4. The molecule has 0 unspecified atom stereocenters. The monoisotopic (exact) mass is 332 g/mol. The summed E-state index contributed by atoms with van der Waals surface area (Å²) in [5, 5.41) is 14.0. The molecule has 2 aromatic heterocycles. The lowest BCUT2D eigenvalue weighted by Crippen LogP contribution is -2.41. The molecule has 2 aromatic rings. The molecule has 130 valence electrons. The molecule has 2 N–H and O–H groups in total. The van der Waals surface area contributed by atoms with E-state index in [0.29, 0.717) is 11.8 Å². The summed E-state index contributed by atoms with van der Waals surface area (Å²) in [4.78, 5) is 16.3. The molecule has 1 aliphatic rings. The van der Waals surface area contributed by atoms with Crippen molar-refractivity contribution in [1.82, 2.24) is 30.6 Å². The number of carbonyl (C=O) groups is 1. The van der Waals surface area contributed by atoms with Gasteiger partial charge in [0.25, 0.3) is 0 Å². The average molecular weight is 332 g/mol. The molecular weight excluding hydrogens is 308 g/mol. The highest BCUT2D eigenvalue weighted by molar-refractivity contribution is 5.74. The quantitative estimate of drug-likeness (QED) is 0.839. The van der Waals surface area contributed by atoms with Crippen LogP contribution in [-0.2, 0) is 20.0 Å². The van der Waals surface area contributed by atoms with Crippen LogP contribution in [0.25, 0.3) is 0 Å². The lowest BCUT2D eigenvalue weighted by Gasteiger charge is -2.14. The Morgan fingerprint density at radius 3 is 2.79 bits per heavy atom. The number of hydrogen-bond acceptors (Lipinski definition) is 5. The van der Waals surface area contributed by atoms with Gasteiger partial charge in [0.2, 0.25) is 5.89 Å². The van der Waals surface area contributed by atoms with Gasteiger partial charge in [-0.2, -0.15) is 10.1 Å². The van der Waals surface area contributed by atoms with Gasteiger partial charge in [-0.1, -0.05) is 5.16 Å². The number of aryl methyl sites for hydroxylation is 2. The minimum atomic E-state index is -0.243. The average Bonchev–Trinajstić information content (AvgIpc) is 3.22. The summed E-state index contributed by atoms with van der Waals surface area (Å²) in [7, 11) is 1.93. The van der Waals surface area contributed by atoms with Crippen molar-refractivity contribution in [2.75, 3.05) is 0 Å². The molecule has 1 saturated carbocycles. The van der Waals surface area contributed by atoms with Crippen LogP contribution >= 0.6 is 0 Å². The summed E-state index contributed by atoms with van der Waals surface area (Å²) in [5.74, 6) is 1.64. The van der Waals surface area contributed by atoms with Gasteiger partial charge in [0.05, 0.1) is 12.2 Å². The van der Waals surface area contributed by atoms with Crippen molar-refractivity contribution < 1.29 is 9.32 Å². The maximum absolute atomic E-state index is 12.0. The van der Waals surface area contributed by atoms with Gasteiger partial charge < -0.3 is 15.2 Å². The Bertz CT molecular complexity index is 731. The Kier molecular flexibility index (Phi) is 4.55. The molecular formula is C16H24N6O2. The van der Waals surface area contributed by atoms with Crippen molar-refractivity contribution in [1.29, 1.82) is 0 Å². The Hall–Kier alpha value is -2.38. The lowest BCUT2D eigenvalue weighted by molar-refractivity contribution is 0.235. The zero-order valence-electron chi connectivity index (χ0n) is 14.6. The zero-order valence-corrected chi connectivity index (χ0v) is 14.6. The minimum Gasteiger partial charge on any atom is -0.337 e. The van der Waals surface area contributed by atoms with Gasteiger partial charge in [-0.25, -0.2) is 4.79 Å². The minimum absolute atomic E-state index is 0.00342. The maximum Gasteiger partial charge on any atom is 0.315 e. The first kappa shape index (κ1) is 16.5. The van der Waals surface area contributed by atoms with E-state index in [9.17, 15) is 4.79 Å². The molecule has 0 bridgehead atoms. The highest BCUT2D eigenvalue weighted by atomic mass is 16.5. The van der Waals surface area contributed by atoms with Crippen LogP contribution < -0.4 is 10.6 Å². The van der Waals surface area contributed by atoms with Gasteiger partial charge in [0, 0.05) is 24.7 Å². The summed E-state index contributed by atoms with van der Waals surface area (Å²) < 4.78 is 7.00. The summed E-state index contributed by atoms with van der Waals surface area (Å²) in [6.07, 6.45) is 2.99. The molecule has 8 nitrogen and oxygen atoms in total. The van der Waals surface area contributed by atoms with E-state index < -0.39 is 0 Å². The van der Waals surface area contributed by atoms with Crippen molar-refractivity contribution in [2.45, 2.75) is 58.5 Å². The second-order valence-electron chi connectivity index (χ2n) is 6.53. The third-order valence-corrected chi connectivity index (χ3v) is 4.37. The number of rotatable bonds is 6. The first-order valence-electron chi connectivity index (χ1n) is 8.30. The number of nitrogens with one attached hydrogen (secondary N) is 2. The van der Waals surface area contributed by atoms with Crippen molar-refractivity contribution >= 4 is 6.03 Å². The largest absolute Gasteiger partial charge is 0.337 e. The summed E-state index contributed by atoms with van der Waals surface area (Å²) in [6.45, 7) is 6.24. The second-order valence-corrected chi connectivity index (χ2v) is 6.53. The number of urea groups is 1. The number of carbonyl (C=O) groups excluding carboxylic acids is 1. The fourth-order valence-corrected chi connectivity index (χ4v) is 2.75. The van der Waals surface area contributed by atoms with Crippen molar-refractivity contribution in [3.63, 3.8) is 0 Å². The van der Waals surface area contributed by atoms with Crippen LogP contribution in [0.5, 0.6) is 0 Å². The molecule has 1 atom stereocenters. The van der Waals surface area contributed by atoms with Crippen LogP contribution in [-0.4, -0.2) is 32.0 Å². The molecule has 8 heteroatoms. The molecule has 0 aromatic carbocycles. The molecule has 24 heavy (non-hydrogen) atoms. The van der Waals surface area contributed by atoms with Gasteiger partial charge in [-0.15, -0.1) is 0 Å². The number of aromatic nitrogens is 4. The highest BCUT2D eigenvalue weighted by Gasteiger charge is 2.28. The van der Waals surface area contributed by atoms with E-state index in [1.54, 1.807) is 0 Å². The number of hydrogen-bond donors (Lipinski definition) is 2. The van der Waals surface area contributed by atoms with E-state index in [4.69, 9.17) is 4.52 Å². The zero-order chi connectivity index (χ0) is 17.3. The third kappa shape index (κ3) is 3.74. The normalized spacial score (nSPS) is 15.3. The Balaban J connectivity index is 1.46. The first-order valence-corrected chi connectivity index (χ1v) is 8.30. The van der Waals surface area contributed by atoms with Crippen LogP contribution in [0.2, 0.25) is 0 Å². The molecule has 0 radical (unpaired) electrons.